The van der Waals surface area contributed by atoms with E-state index in [4.69, 9.17) is 15.0 Å². The van der Waals surface area contributed by atoms with Gasteiger partial charge in [0.2, 0.25) is 0 Å². The second-order valence-electron chi connectivity index (χ2n) is 3.55. The van der Waals surface area contributed by atoms with Gasteiger partial charge in [-0.1, -0.05) is 0 Å². The zero-order valence-electron chi connectivity index (χ0n) is 7.75. The van der Waals surface area contributed by atoms with Crippen LogP contribution < -0.4 is 10.5 Å². The van der Waals surface area contributed by atoms with Crippen LogP contribution in [0.2, 0.25) is 0 Å². The number of methoxy groups -OCH3 is 1. The fourth-order valence-electron chi connectivity index (χ4n) is 1.65. The lowest BCUT2D eigenvalue weighted by atomic mass is 9.99. The molecule has 1 aromatic rings. The topological polar surface area (TPSA) is 61.3 Å². The number of nitrogens with two attached hydrogens (primary N) is 1. The molecule has 0 spiro atoms. The molecule has 0 amide bonds. The Labute approximate surface area is 77.0 Å². The third-order valence-corrected chi connectivity index (χ3v) is 2.70. The van der Waals surface area contributed by atoms with Crippen LogP contribution in [-0.2, 0) is 5.41 Å². The molecule has 1 aliphatic rings. The van der Waals surface area contributed by atoms with Crippen LogP contribution in [0.15, 0.2) is 10.6 Å². The van der Waals surface area contributed by atoms with Crippen LogP contribution in [-0.4, -0.2) is 18.8 Å². The summed E-state index contributed by atoms with van der Waals surface area (Å²) in [6.45, 7) is 0.697. The lowest BCUT2D eigenvalue weighted by molar-refractivity contribution is 0.310. The molecule has 4 heteroatoms. The molecule has 0 aliphatic heterocycles. The Bertz CT molecular complexity index is 292. The van der Waals surface area contributed by atoms with E-state index in [2.05, 4.69) is 5.16 Å². The smallest absolute Gasteiger partial charge is 0.254 e. The molecule has 1 aromatic heterocycles. The molecular formula is C9H14N2O2. The summed E-state index contributed by atoms with van der Waals surface area (Å²) in [7, 11) is 1.59. The van der Waals surface area contributed by atoms with E-state index in [1.165, 1.54) is 0 Å². The summed E-state index contributed by atoms with van der Waals surface area (Å²) in [6, 6.07) is 1.86. The second-order valence-corrected chi connectivity index (χ2v) is 3.55. The highest BCUT2D eigenvalue weighted by atomic mass is 16.5. The Hall–Kier alpha value is -1.03. The highest BCUT2D eigenvalue weighted by Crippen LogP contribution is 2.51. The first-order valence-corrected chi connectivity index (χ1v) is 4.52. The minimum absolute atomic E-state index is 0.179. The summed E-state index contributed by atoms with van der Waals surface area (Å²) in [4.78, 5) is 0. The maximum absolute atomic E-state index is 5.54. The molecule has 0 radical (unpaired) electrons. The van der Waals surface area contributed by atoms with Crippen LogP contribution >= 0.6 is 0 Å². The van der Waals surface area contributed by atoms with Gasteiger partial charge in [0, 0.05) is 11.5 Å². The Kier molecular flexibility index (Phi) is 2.00. The molecule has 2 rings (SSSR count). The van der Waals surface area contributed by atoms with Crippen molar-refractivity contribution in [3.63, 3.8) is 0 Å². The van der Waals surface area contributed by atoms with Gasteiger partial charge in [-0.3, -0.25) is 0 Å². The van der Waals surface area contributed by atoms with Crippen LogP contribution in [0.5, 0.6) is 5.88 Å². The maximum atomic E-state index is 5.54. The molecule has 2 N–H and O–H groups in total. The second kappa shape index (κ2) is 3.03. The average molecular weight is 182 g/mol. The Morgan fingerprint density at radius 1 is 1.69 bits per heavy atom. The van der Waals surface area contributed by atoms with E-state index in [1.807, 2.05) is 6.07 Å². The zero-order chi connectivity index (χ0) is 9.31. The van der Waals surface area contributed by atoms with Crippen LogP contribution in [0.3, 0.4) is 0 Å². The lowest BCUT2D eigenvalue weighted by Gasteiger charge is -2.07. The van der Waals surface area contributed by atoms with Gasteiger partial charge in [0.15, 0.2) is 0 Å². The van der Waals surface area contributed by atoms with Crippen molar-refractivity contribution in [2.45, 2.75) is 24.7 Å². The van der Waals surface area contributed by atoms with Gasteiger partial charge < -0.3 is 15.0 Å². The summed E-state index contributed by atoms with van der Waals surface area (Å²) >= 11 is 0. The van der Waals surface area contributed by atoms with Crippen LogP contribution in [0.1, 0.15) is 25.0 Å². The quantitative estimate of drug-likeness (QED) is 0.756. The molecule has 0 atom stereocenters. The molecule has 1 heterocycles. The molecule has 1 aliphatic carbocycles. The average Bonchev–Trinajstić information content (AvgIpc) is 2.78. The maximum Gasteiger partial charge on any atom is 0.254 e. The number of hydrogen-bond donors (Lipinski definition) is 1. The minimum Gasteiger partial charge on any atom is -0.479 e. The van der Waals surface area contributed by atoms with Gasteiger partial charge >= 0.3 is 0 Å². The third kappa shape index (κ3) is 1.42. The van der Waals surface area contributed by atoms with Gasteiger partial charge in [0.1, 0.15) is 5.76 Å². The van der Waals surface area contributed by atoms with E-state index in [9.17, 15) is 0 Å². The normalized spacial score (nSPS) is 18.6. The van der Waals surface area contributed by atoms with Gasteiger partial charge in [-0.05, 0) is 31.0 Å². The monoisotopic (exact) mass is 182 g/mol. The highest BCUT2D eigenvalue weighted by molar-refractivity contribution is 5.25. The lowest BCUT2D eigenvalue weighted by Crippen LogP contribution is -2.12. The van der Waals surface area contributed by atoms with Crippen molar-refractivity contribution in [3.05, 3.63) is 11.8 Å². The van der Waals surface area contributed by atoms with E-state index < -0.39 is 0 Å². The van der Waals surface area contributed by atoms with E-state index in [-0.39, 0.29) is 5.41 Å². The molecule has 1 fully saturated rings. The SMILES string of the molecule is COc1cc(C2(CCN)CC2)on1. The number of hydrogen-bond acceptors (Lipinski definition) is 4. The predicted octanol–water partition coefficient (Wildman–Crippen LogP) is 1.06. The van der Waals surface area contributed by atoms with E-state index in [0.717, 1.165) is 25.0 Å². The number of nitrogens with zero attached hydrogens (tertiary/aromatic N) is 1. The summed E-state index contributed by atoms with van der Waals surface area (Å²) in [5.74, 6) is 1.48. The fraction of sp³-hybridized carbons (Fsp3) is 0.667. The Morgan fingerprint density at radius 2 is 2.46 bits per heavy atom. The molecule has 0 unspecified atom stereocenters. The molecule has 1 saturated carbocycles. The van der Waals surface area contributed by atoms with Gasteiger partial charge in [0.05, 0.1) is 7.11 Å². The van der Waals surface area contributed by atoms with Crippen molar-refractivity contribution in [1.29, 1.82) is 0 Å². The van der Waals surface area contributed by atoms with Crippen molar-refractivity contribution in [1.82, 2.24) is 5.16 Å². The molecular weight excluding hydrogens is 168 g/mol. The van der Waals surface area contributed by atoms with Crippen molar-refractivity contribution in [2.75, 3.05) is 13.7 Å². The van der Waals surface area contributed by atoms with E-state index in [0.29, 0.717) is 12.4 Å². The van der Waals surface area contributed by atoms with Crippen molar-refractivity contribution < 1.29 is 9.26 Å². The number of rotatable bonds is 4. The first-order chi connectivity index (χ1) is 6.30. The summed E-state index contributed by atoms with van der Waals surface area (Å²) in [5, 5.41) is 3.79. The zero-order valence-corrected chi connectivity index (χ0v) is 7.75. The molecule has 13 heavy (non-hydrogen) atoms. The van der Waals surface area contributed by atoms with Gasteiger partial charge in [-0.25, -0.2) is 0 Å². The van der Waals surface area contributed by atoms with E-state index >= 15 is 0 Å². The van der Waals surface area contributed by atoms with Crippen LogP contribution in [0, 0.1) is 0 Å². The molecule has 0 bridgehead atoms. The van der Waals surface area contributed by atoms with E-state index in [1.54, 1.807) is 7.11 Å². The van der Waals surface area contributed by atoms with Gasteiger partial charge in [-0.15, -0.1) is 0 Å². The predicted molar refractivity (Wildman–Crippen MR) is 47.6 cm³/mol. The molecule has 0 aromatic carbocycles. The number of aromatic nitrogens is 1. The molecule has 0 saturated heterocycles. The first-order valence-electron chi connectivity index (χ1n) is 4.52. The third-order valence-electron chi connectivity index (χ3n) is 2.70. The van der Waals surface area contributed by atoms with Crippen molar-refractivity contribution in [3.8, 4) is 5.88 Å². The molecule has 4 nitrogen and oxygen atoms in total. The van der Waals surface area contributed by atoms with Crippen molar-refractivity contribution in [2.24, 2.45) is 5.73 Å². The van der Waals surface area contributed by atoms with Crippen LogP contribution in [0.25, 0.3) is 0 Å². The summed E-state index contributed by atoms with van der Waals surface area (Å²) in [5.41, 5.74) is 5.72. The largest absolute Gasteiger partial charge is 0.479 e. The number of ether oxygens (including phenoxy) is 1. The highest BCUT2D eigenvalue weighted by Gasteiger charge is 2.47. The summed E-state index contributed by atoms with van der Waals surface area (Å²) < 4.78 is 10.2. The molecule has 72 valence electrons. The Morgan fingerprint density at radius 3 is 2.92 bits per heavy atom. The van der Waals surface area contributed by atoms with Crippen molar-refractivity contribution >= 4 is 0 Å². The standard InChI is InChI=1S/C9H14N2O2/c1-12-8-6-7(13-11-8)9(2-3-9)4-5-10/h6H,2-5,10H2,1H3. The van der Waals surface area contributed by atoms with Gasteiger partial charge in [-0.2, -0.15) is 0 Å². The van der Waals surface area contributed by atoms with Crippen LogP contribution in [0.4, 0.5) is 0 Å². The minimum atomic E-state index is 0.179. The Balaban J connectivity index is 2.15. The fourth-order valence-corrected chi connectivity index (χ4v) is 1.65. The van der Waals surface area contributed by atoms with Gasteiger partial charge in [0.25, 0.3) is 5.88 Å². The summed E-state index contributed by atoms with van der Waals surface area (Å²) in [6.07, 6.45) is 3.29. The first kappa shape index (κ1) is 8.56.